The zero-order valence-electron chi connectivity index (χ0n) is 10.1. The van der Waals surface area contributed by atoms with Gasteiger partial charge in [0.1, 0.15) is 17.2 Å². The molecule has 1 aliphatic carbocycles. The Kier molecular flexibility index (Phi) is 3.73. The van der Waals surface area contributed by atoms with Crippen molar-refractivity contribution in [2.75, 3.05) is 6.54 Å². The summed E-state index contributed by atoms with van der Waals surface area (Å²) in [6.45, 7) is 5.02. The molecule has 0 heterocycles. The summed E-state index contributed by atoms with van der Waals surface area (Å²) in [7, 11) is 0. The van der Waals surface area contributed by atoms with Crippen molar-refractivity contribution in [3.8, 4) is 5.75 Å². The van der Waals surface area contributed by atoms with E-state index in [1.54, 1.807) is 6.07 Å². The topological polar surface area (TPSA) is 21.3 Å². The Balaban J connectivity index is 2.02. The van der Waals surface area contributed by atoms with Crippen LogP contribution in [0.25, 0.3) is 0 Å². The van der Waals surface area contributed by atoms with Gasteiger partial charge in [-0.3, -0.25) is 0 Å². The van der Waals surface area contributed by atoms with E-state index in [-0.39, 0.29) is 11.4 Å². The Bertz CT molecular complexity index is 404. The van der Waals surface area contributed by atoms with E-state index in [0.717, 1.165) is 23.9 Å². The maximum Gasteiger partial charge on any atom is 0.137 e. The highest BCUT2D eigenvalue weighted by atomic mass is 79.9. The van der Waals surface area contributed by atoms with E-state index in [2.05, 4.69) is 35.1 Å². The van der Waals surface area contributed by atoms with Gasteiger partial charge in [-0.25, -0.2) is 4.39 Å². The molecule has 0 atom stereocenters. The molecule has 2 nitrogen and oxygen atoms in total. The second-order valence-corrected chi connectivity index (χ2v) is 5.75. The van der Waals surface area contributed by atoms with Gasteiger partial charge in [0.05, 0.1) is 4.47 Å². The number of hydrogen-bond acceptors (Lipinski definition) is 2. The summed E-state index contributed by atoms with van der Waals surface area (Å²) in [5, 5.41) is 3.37. The van der Waals surface area contributed by atoms with Crippen LogP contribution in [0.15, 0.2) is 22.7 Å². The predicted molar refractivity (Wildman–Crippen MR) is 69.8 cm³/mol. The molecule has 1 aromatic rings. The van der Waals surface area contributed by atoms with Gasteiger partial charge in [-0.15, -0.1) is 0 Å². The average Bonchev–Trinajstić information content (AvgIpc) is 3.02. The molecule has 0 saturated heterocycles. The number of benzene rings is 1. The van der Waals surface area contributed by atoms with Crippen molar-refractivity contribution < 1.29 is 9.13 Å². The minimum atomic E-state index is -0.268. The van der Waals surface area contributed by atoms with Gasteiger partial charge in [-0.2, -0.15) is 0 Å². The monoisotopic (exact) mass is 301 g/mol. The molecule has 1 N–H and O–H groups in total. The summed E-state index contributed by atoms with van der Waals surface area (Å²) < 4.78 is 19.9. The highest BCUT2D eigenvalue weighted by Gasteiger charge is 2.45. The SMILES string of the molecule is CC(C)NCC1(Oc2cc(F)ccc2Br)CC1. The molecule has 1 aliphatic rings. The minimum absolute atomic E-state index is 0.138. The molecule has 4 heteroatoms. The lowest BCUT2D eigenvalue weighted by Gasteiger charge is -2.21. The fourth-order valence-corrected chi connectivity index (χ4v) is 1.96. The molecule has 0 amide bonds. The van der Waals surface area contributed by atoms with Crippen LogP contribution in [-0.2, 0) is 0 Å². The molecule has 0 spiro atoms. The lowest BCUT2D eigenvalue weighted by molar-refractivity contribution is 0.170. The van der Waals surface area contributed by atoms with E-state index in [4.69, 9.17) is 4.74 Å². The third-order valence-electron chi connectivity index (χ3n) is 2.86. The Morgan fingerprint density at radius 1 is 1.47 bits per heavy atom. The fourth-order valence-electron chi connectivity index (χ4n) is 1.63. The minimum Gasteiger partial charge on any atom is -0.485 e. The molecule has 0 aromatic heterocycles. The molecule has 0 radical (unpaired) electrons. The standard InChI is InChI=1S/C13H17BrFNO/c1-9(2)16-8-13(5-6-13)17-12-7-10(15)3-4-11(12)14/h3-4,7,9,16H,5-6,8H2,1-2H3. The number of nitrogens with one attached hydrogen (secondary N) is 1. The quantitative estimate of drug-likeness (QED) is 0.899. The molecular formula is C13H17BrFNO. The zero-order chi connectivity index (χ0) is 12.5. The normalized spacial score (nSPS) is 17.2. The molecule has 0 aliphatic heterocycles. The van der Waals surface area contributed by atoms with Crippen molar-refractivity contribution in [3.63, 3.8) is 0 Å². The first-order valence-electron chi connectivity index (χ1n) is 5.88. The van der Waals surface area contributed by atoms with Crippen LogP contribution in [0, 0.1) is 5.82 Å². The van der Waals surface area contributed by atoms with Crippen molar-refractivity contribution in [1.29, 1.82) is 0 Å². The number of rotatable bonds is 5. The largest absolute Gasteiger partial charge is 0.485 e. The maximum atomic E-state index is 13.1. The van der Waals surface area contributed by atoms with Crippen LogP contribution in [0.3, 0.4) is 0 Å². The van der Waals surface area contributed by atoms with Gasteiger partial charge in [-0.05, 0) is 40.9 Å². The molecule has 2 rings (SSSR count). The van der Waals surface area contributed by atoms with Crippen LogP contribution in [0.4, 0.5) is 4.39 Å². The fraction of sp³-hybridized carbons (Fsp3) is 0.538. The van der Waals surface area contributed by atoms with Gasteiger partial charge in [-0.1, -0.05) is 13.8 Å². The molecular weight excluding hydrogens is 285 g/mol. The van der Waals surface area contributed by atoms with Gasteiger partial charge < -0.3 is 10.1 Å². The highest BCUT2D eigenvalue weighted by Crippen LogP contribution is 2.41. The van der Waals surface area contributed by atoms with Crippen LogP contribution in [0.2, 0.25) is 0 Å². The van der Waals surface area contributed by atoms with Crippen molar-refractivity contribution in [1.82, 2.24) is 5.32 Å². The van der Waals surface area contributed by atoms with E-state index >= 15 is 0 Å². The van der Waals surface area contributed by atoms with E-state index in [0.29, 0.717) is 11.8 Å². The van der Waals surface area contributed by atoms with E-state index in [1.807, 2.05) is 0 Å². The Hall–Kier alpha value is -0.610. The van der Waals surface area contributed by atoms with Crippen molar-refractivity contribution in [2.45, 2.75) is 38.3 Å². The summed E-state index contributed by atoms with van der Waals surface area (Å²) >= 11 is 3.38. The Morgan fingerprint density at radius 3 is 2.76 bits per heavy atom. The Labute approximate surface area is 110 Å². The second kappa shape index (κ2) is 4.94. The average molecular weight is 302 g/mol. The lowest BCUT2D eigenvalue weighted by atomic mass is 10.2. The van der Waals surface area contributed by atoms with Crippen LogP contribution >= 0.6 is 15.9 Å². The molecule has 1 fully saturated rings. The first kappa shape index (κ1) is 12.8. The van der Waals surface area contributed by atoms with Crippen LogP contribution in [0.1, 0.15) is 26.7 Å². The summed E-state index contributed by atoms with van der Waals surface area (Å²) in [5.74, 6) is 0.323. The van der Waals surface area contributed by atoms with Gasteiger partial charge in [0.2, 0.25) is 0 Å². The third kappa shape index (κ3) is 3.42. The molecule has 0 bridgehead atoms. The highest BCUT2D eigenvalue weighted by molar-refractivity contribution is 9.10. The molecule has 1 saturated carbocycles. The van der Waals surface area contributed by atoms with E-state index in [1.165, 1.54) is 12.1 Å². The van der Waals surface area contributed by atoms with Gasteiger partial charge in [0.25, 0.3) is 0 Å². The third-order valence-corrected chi connectivity index (χ3v) is 3.51. The van der Waals surface area contributed by atoms with Crippen LogP contribution < -0.4 is 10.1 Å². The number of halogens is 2. The smallest absolute Gasteiger partial charge is 0.137 e. The van der Waals surface area contributed by atoms with Crippen LogP contribution in [0.5, 0.6) is 5.75 Å². The first-order valence-corrected chi connectivity index (χ1v) is 6.67. The predicted octanol–water partition coefficient (Wildman–Crippen LogP) is 3.50. The second-order valence-electron chi connectivity index (χ2n) is 4.90. The molecule has 0 unspecified atom stereocenters. The maximum absolute atomic E-state index is 13.1. The van der Waals surface area contributed by atoms with Crippen molar-refractivity contribution in [3.05, 3.63) is 28.5 Å². The summed E-state index contributed by atoms with van der Waals surface area (Å²) in [6.07, 6.45) is 2.05. The zero-order valence-corrected chi connectivity index (χ0v) is 11.7. The summed E-state index contributed by atoms with van der Waals surface area (Å²) in [6, 6.07) is 4.96. The van der Waals surface area contributed by atoms with Crippen molar-refractivity contribution >= 4 is 15.9 Å². The lowest BCUT2D eigenvalue weighted by Crippen LogP contribution is -2.37. The first-order chi connectivity index (χ1) is 8.01. The molecule has 94 valence electrons. The number of ether oxygens (including phenoxy) is 1. The van der Waals surface area contributed by atoms with Crippen molar-refractivity contribution in [2.24, 2.45) is 0 Å². The van der Waals surface area contributed by atoms with E-state index < -0.39 is 0 Å². The van der Waals surface area contributed by atoms with Crippen LogP contribution in [-0.4, -0.2) is 18.2 Å². The molecule has 17 heavy (non-hydrogen) atoms. The van der Waals surface area contributed by atoms with Gasteiger partial charge >= 0.3 is 0 Å². The van der Waals surface area contributed by atoms with Gasteiger partial charge in [0.15, 0.2) is 0 Å². The van der Waals surface area contributed by atoms with Gasteiger partial charge in [0, 0.05) is 18.7 Å². The Morgan fingerprint density at radius 2 is 2.18 bits per heavy atom. The summed E-state index contributed by atoms with van der Waals surface area (Å²) in [5.41, 5.74) is -0.138. The number of hydrogen-bond donors (Lipinski definition) is 1. The summed E-state index contributed by atoms with van der Waals surface area (Å²) in [4.78, 5) is 0. The van der Waals surface area contributed by atoms with E-state index in [9.17, 15) is 4.39 Å². The molecule has 1 aromatic carbocycles.